The fourth-order valence-electron chi connectivity index (χ4n) is 2.25. The summed E-state index contributed by atoms with van der Waals surface area (Å²) >= 11 is 1.77. The molecule has 0 aromatic heterocycles. The summed E-state index contributed by atoms with van der Waals surface area (Å²) in [5.74, 6) is -0.988. The summed E-state index contributed by atoms with van der Waals surface area (Å²) in [6.07, 6.45) is 6.86. The van der Waals surface area contributed by atoms with Crippen molar-refractivity contribution in [2.45, 2.75) is 56.4 Å². The molecule has 0 radical (unpaired) electrons. The molecule has 0 spiro atoms. The smallest absolute Gasteiger partial charge is 0.326 e. The molecule has 0 aromatic rings. The van der Waals surface area contributed by atoms with Gasteiger partial charge in [-0.1, -0.05) is 19.8 Å². The van der Waals surface area contributed by atoms with Crippen LogP contribution in [-0.4, -0.2) is 40.7 Å². The van der Waals surface area contributed by atoms with Gasteiger partial charge in [0.15, 0.2) is 0 Å². The fraction of sp³-hybridized carbons (Fsp3) is 0.833. The number of carboxylic acid groups (broad SMARTS) is 1. The van der Waals surface area contributed by atoms with Crippen LogP contribution in [0.25, 0.3) is 0 Å². The molecule has 5 nitrogen and oxygen atoms in total. The number of nitrogens with one attached hydrogen (secondary N) is 2. The molecule has 0 aliphatic heterocycles. The van der Waals surface area contributed by atoms with Crippen LogP contribution in [0.4, 0.5) is 4.79 Å². The van der Waals surface area contributed by atoms with Crippen molar-refractivity contribution in [2.75, 3.05) is 6.26 Å². The Morgan fingerprint density at radius 1 is 1.39 bits per heavy atom. The van der Waals surface area contributed by atoms with Gasteiger partial charge in [0.25, 0.3) is 0 Å². The van der Waals surface area contributed by atoms with Crippen molar-refractivity contribution in [3.05, 3.63) is 0 Å². The second-order valence-corrected chi connectivity index (χ2v) is 5.66. The van der Waals surface area contributed by atoms with Gasteiger partial charge in [0.1, 0.15) is 6.04 Å². The van der Waals surface area contributed by atoms with Gasteiger partial charge in [-0.2, -0.15) is 11.8 Å². The summed E-state index contributed by atoms with van der Waals surface area (Å²) in [5, 5.41) is 14.7. The summed E-state index contributed by atoms with van der Waals surface area (Å²) in [5.41, 5.74) is 0. The molecule has 3 atom stereocenters. The predicted octanol–water partition coefficient (Wildman–Crippen LogP) is 1.82. The zero-order valence-corrected chi connectivity index (χ0v) is 11.8. The summed E-state index contributed by atoms with van der Waals surface area (Å²) in [7, 11) is 0. The summed E-state index contributed by atoms with van der Waals surface area (Å²) in [6, 6.07) is -1.02. The Morgan fingerprint density at radius 2 is 2.06 bits per heavy atom. The zero-order valence-electron chi connectivity index (χ0n) is 10.9. The maximum atomic E-state index is 11.8. The van der Waals surface area contributed by atoms with Crippen LogP contribution < -0.4 is 10.6 Å². The molecule has 1 fully saturated rings. The minimum absolute atomic E-state index is 0.153. The van der Waals surface area contributed by atoms with Crippen LogP contribution >= 0.6 is 11.8 Å². The topological polar surface area (TPSA) is 78.4 Å². The first-order valence-electron chi connectivity index (χ1n) is 6.41. The predicted molar refractivity (Wildman–Crippen MR) is 72.9 cm³/mol. The average molecular weight is 274 g/mol. The van der Waals surface area contributed by atoms with E-state index >= 15 is 0 Å². The Morgan fingerprint density at radius 3 is 2.61 bits per heavy atom. The molecule has 1 rings (SSSR count). The number of thioether (sulfide) groups is 1. The van der Waals surface area contributed by atoms with Gasteiger partial charge >= 0.3 is 12.0 Å². The standard InChI is InChI=1S/C12H22N2O3S/c1-3-8(11(15)16)13-12(17)14-9-6-4-5-7-10(9)18-2/h8-10H,3-7H2,1-2H3,(H,15,16)(H2,13,14,17)/t8-,9?,10?/m0/s1. The number of hydrogen-bond donors (Lipinski definition) is 3. The van der Waals surface area contributed by atoms with Crippen molar-refractivity contribution in [3.63, 3.8) is 0 Å². The Labute approximate surface area is 112 Å². The second-order valence-electron chi connectivity index (χ2n) is 4.58. The molecule has 0 aromatic carbocycles. The molecule has 0 bridgehead atoms. The van der Waals surface area contributed by atoms with Crippen LogP contribution in [-0.2, 0) is 4.79 Å². The van der Waals surface area contributed by atoms with Crippen LogP contribution in [0.5, 0.6) is 0 Å². The van der Waals surface area contributed by atoms with E-state index in [0.717, 1.165) is 19.3 Å². The molecule has 2 amide bonds. The molecule has 1 aliphatic carbocycles. The highest BCUT2D eigenvalue weighted by Gasteiger charge is 2.26. The lowest BCUT2D eigenvalue weighted by Crippen LogP contribution is -2.52. The lowest BCUT2D eigenvalue weighted by Gasteiger charge is -2.31. The normalized spacial score (nSPS) is 25.2. The molecule has 0 saturated heterocycles. The van der Waals surface area contributed by atoms with Gasteiger partial charge in [-0.05, 0) is 25.5 Å². The van der Waals surface area contributed by atoms with Crippen molar-refractivity contribution >= 4 is 23.8 Å². The quantitative estimate of drug-likeness (QED) is 0.714. The van der Waals surface area contributed by atoms with E-state index in [-0.39, 0.29) is 12.1 Å². The fourth-order valence-corrected chi connectivity index (χ4v) is 3.19. The van der Waals surface area contributed by atoms with E-state index in [9.17, 15) is 9.59 Å². The molecular weight excluding hydrogens is 252 g/mol. The van der Waals surface area contributed by atoms with E-state index in [4.69, 9.17) is 5.11 Å². The average Bonchev–Trinajstić information content (AvgIpc) is 2.36. The van der Waals surface area contributed by atoms with Crippen LogP contribution in [0.15, 0.2) is 0 Å². The summed E-state index contributed by atoms with van der Waals surface area (Å²) in [4.78, 5) is 22.6. The van der Waals surface area contributed by atoms with Gasteiger partial charge in [0.2, 0.25) is 0 Å². The third-order valence-corrected chi connectivity index (χ3v) is 4.50. The largest absolute Gasteiger partial charge is 0.480 e. The number of carbonyl (C=O) groups is 2. The van der Waals surface area contributed by atoms with E-state index in [1.807, 2.05) is 0 Å². The zero-order chi connectivity index (χ0) is 13.5. The summed E-state index contributed by atoms with van der Waals surface area (Å²) < 4.78 is 0. The highest BCUT2D eigenvalue weighted by atomic mass is 32.2. The first-order valence-corrected chi connectivity index (χ1v) is 7.69. The molecule has 6 heteroatoms. The van der Waals surface area contributed by atoms with Crippen molar-refractivity contribution in [2.24, 2.45) is 0 Å². The van der Waals surface area contributed by atoms with Crippen LogP contribution in [0, 0.1) is 0 Å². The number of urea groups is 1. The van der Waals surface area contributed by atoms with Gasteiger partial charge in [0, 0.05) is 11.3 Å². The Kier molecular flexibility index (Phi) is 6.32. The number of hydrogen-bond acceptors (Lipinski definition) is 3. The minimum Gasteiger partial charge on any atom is -0.480 e. The third kappa shape index (κ3) is 4.40. The van der Waals surface area contributed by atoms with E-state index in [1.165, 1.54) is 6.42 Å². The van der Waals surface area contributed by atoms with Crippen molar-refractivity contribution < 1.29 is 14.7 Å². The highest BCUT2D eigenvalue weighted by Crippen LogP contribution is 2.26. The third-order valence-electron chi connectivity index (χ3n) is 3.33. The second kappa shape index (κ2) is 7.51. The molecule has 2 unspecified atom stereocenters. The number of carbonyl (C=O) groups excluding carboxylic acids is 1. The van der Waals surface area contributed by atoms with Crippen molar-refractivity contribution in [1.29, 1.82) is 0 Å². The molecule has 1 saturated carbocycles. The molecule has 18 heavy (non-hydrogen) atoms. The number of aliphatic carboxylic acids is 1. The molecule has 0 heterocycles. The van der Waals surface area contributed by atoms with E-state index in [1.54, 1.807) is 18.7 Å². The van der Waals surface area contributed by atoms with E-state index in [0.29, 0.717) is 11.7 Å². The summed E-state index contributed by atoms with van der Waals surface area (Å²) in [6.45, 7) is 1.74. The van der Waals surface area contributed by atoms with Gasteiger partial charge in [-0.25, -0.2) is 9.59 Å². The molecular formula is C12H22N2O3S. The Bertz CT molecular complexity index is 299. The minimum atomic E-state index is -0.988. The molecule has 104 valence electrons. The van der Waals surface area contributed by atoms with Gasteiger partial charge in [-0.3, -0.25) is 0 Å². The van der Waals surface area contributed by atoms with Gasteiger partial charge < -0.3 is 15.7 Å². The first-order chi connectivity index (χ1) is 8.58. The van der Waals surface area contributed by atoms with Crippen molar-refractivity contribution in [3.8, 4) is 0 Å². The maximum Gasteiger partial charge on any atom is 0.326 e. The van der Waals surface area contributed by atoms with Crippen LogP contribution in [0.2, 0.25) is 0 Å². The SMILES string of the molecule is CC[C@H](NC(=O)NC1CCCCC1SC)C(=O)O. The lowest BCUT2D eigenvalue weighted by atomic mass is 9.95. The lowest BCUT2D eigenvalue weighted by molar-refractivity contribution is -0.139. The molecule has 3 N–H and O–H groups in total. The number of amides is 2. The van der Waals surface area contributed by atoms with Crippen LogP contribution in [0.1, 0.15) is 39.0 Å². The van der Waals surface area contributed by atoms with E-state index < -0.39 is 12.0 Å². The monoisotopic (exact) mass is 274 g/mol. The van der Waals surface area contributed by atoms with Gasteiger partial charge in [0.05, 0.1) is 0 Å². The maximum absolute atomic E-state index is 11.8. The van der Waals surface area contributed by atoms with E-state index in [2.05, 4.69) is 16.9 Å². The number of carboxylic acids is 1. The van der Waals surface area contributed by atoms with Crippen LogP contribution in [0.3, 0.4) is 0 Å². The number of rotatable bonds is 5. The highest BCUT2D eigenvalue weighted by molar-refractivity contribution is 7.99. The Hall–Kier alpha value is -0.910. The van der Waals surface area contributed by atoms with Gasteiger partial charge in [-0.15, -0.1) is 0 Å². The molecule has 1 aliphatic rings. The van der Waals surface area contributed by atoms with Crippen molar-refractivity contribution in [1.82, 2.24) is 10.6 Å². The Balaban J connectivity index is 2.45. The first kappa shape index (κ1) is 15.1.